The predicted molar refractivity (Wildman–Crippen MR) is 87.3 cm³/mol. The van der Waals surface area contributed by atoms with E-state index in [2.05, 4.69) is 15.9 Å². The van der Waals surface area contributed by atoms with Gasteiger partial charge in [-0.1, -0.05) is 15.9 Å². The van der Waals surface area contributed by atoms with Gasteiger partial charge in [0.2, 0.25) is 0 Å². The van der Waals surface area contributed by atoms with Gasteiger partial charge in [-0.05, 0) is 49.4 Å². The molecule has 110 valence electrons. The van der Waals surface area contributed by atoms with Crippen molar-refractivity contribution in [3.8, 4) is 5.75 Å². The minimum Gasteiger partial charge on any atom is -0.496 e. The van der Waals surface area contributed by atoms with Crippen molar-refractivity contribution in [3.63, 3.8) is 0 Å². The van der Waals surface area contributed by atoms with Gasteiger partial charge in [0, 0.05) is 20.5 Å². The minimum absolute atomic E-state index is 0.0201. The number of Topliss-reactive ketones (excluding diaryl/α,β-unsaturated/α-hetero) is 1. The minimum atomic E-state index is -1.19. The molecule has 0 N–H and O–H groups in total. The molecule has 0 radical (unpaired) electrons. The number of halogens is 1. The van der Waals surface area contributed by atoms with Gasteiger partial charge >= 0.3 is 0 Å². The van der Waals surface area contributed by atoms with E-state index >= 15 is 0 Å². The molecule has 5 heteroatoms. The van der Waals surface area contributed by atoms with E-state index < -0.39 is 10.8 Å². The molecule has 0 aliphatic carbocycles. The van der Waals surface area contributed by atoms with Crippen LogP contribution in [0.1, 0.15) is 22.8 Å². The first-order chi connectivity index (χ1) is 10.0. The molecule has 3 nitrogen and oxygen atoms in total. The average molecular weight is 367 g/mol. The molecule has 2 rings (SSSR count). The van der Waals surface area contributed by atoms with Crippen LogP contribution in [0.5, 0.6) is 5.75 Å². The molecule has 1 unspecified atom stereocenters. The summed E-state index contributed by atoms with van der Waals surface area (Å²) in [5, 5.41) is 0. The van der Waals surface area contributed by atoms with Crippen LogP contribution in [0.3, 0.4) is 0 Å². The van der Waals surface area contributed by atoms with E-state index in [9.17, 15) is 9.00 Å². The summed E-state index contributed by atoms with van der Waals surface area (Å²) in [5.74, 6) is 0.935. The van der Waals surface area contributed by atoms with E-state index in [1.54, 1.807) is 25.3 Å². The molecule has 0 amide bonds. The SMILES string of the molecule is COc1ccc(C(C)=O)cc1CS(=O)c1ccc(Br)cc1. The maximum Gasteiger partial charge on any atom is 0.159 e. The second-order valence-electron chi connectivity index (χ2n) is 4.53. The summed E-state index contributed by atoms with van der Waals surface area (Å²) in [7, 11) is 0.376. The molecule has 2 aromatic carbocycles. The highest BCUT2D eigenvalue weighted by Gasteiger charge is 2.12. The van der Waals surface area contributed by atoms with E-state index in [0.29, 0.717) is 17.1 Å². The predicted octanol–water partition coefficient (Wildman–Crippen LogP) is 3.97. The van der Waals surface area contributed by atoms with E-state index in [0.717, 1.165) is 14.9 Å². The summed E-state index contributed by atoms with van der Waals surface area (Å²) in [6.45, 7) is 1.51. The van der Waals surface area contributed by atoms with Crippen LogP contribution < -0.4 is 4.74 Å². The molecular formula is C16H15BrO3S. The van der Waals surface area contributed by atoms with Gasteiger partial charge in [-0.25, -0.2) is 0 Å². The third-order valence-electron chi connectivity index (χ3n) is 3.05. The van der Waals surface area contributed by atoms with E-state index in [4.69, 9.17) is 4.74 Å². The van der Waals surface area contributed by atoms with Crippen molar-refractivity contribution in [2.75, 3.05) is 7.11 Å². The number of ketones is 1. The van der Waals surface area contributed by atoms with Gasteiger partial charge in [-0.2, -0.15) is 0 Å². The van der Waals surface area contributed by atoms with Gasteiger partial charge in [0.25, 0.3) is 0 Å². The average Bonchev–Trinajstić information content (AvgIpc) is 2.47. The maximum atomic E-state index is 12.4. The Morgan fingerprint density at radius 2 is 1.86 bits per heavy atom. The van der Waals surface area contributed by atoms with Gasteiger partial charge < -0.3 is 4.74 Å². The van der Waals surface area contributed by atoms with Crippen molar-refractivity contribution in [1.82, 2.24) is 0 Å². The van der Waals surface area contributed by atoms with Crippen LogP contribution >= 0.6 is 15.9 Å². The summed E-state index contributed by atoms with van der Waals surface area (Å²) in [5.41, 5.74) is 1.37. The Morgan fingerprint density at radius 3 is 2.43 bits per heavy atom. The van der Waals surface area contributed by atoms with Crippen LogP contribution in [-0.2, 0) is 16.6 Å². The summed E-state index contributed by atoms with van der Waals surface area (Å²) in [4.78, 5) is 12.2. The Labute approximate surface area is 134 Å². The van der Waals surface area contributed by atoms with Crippen LogP contribution in [0, 0.1) is 0 Å². The van der Waals surface area contributed by atoms with Crippen LogP contribution in [-0.4, -0.2) is 17.1 Å². The van der Waals surface area contributed by atoms with Crippen LogP contribution in [0.25, 0.3) is 0 Å². The first kappa shape index (κ1) is 15.9. The summed E-state index contributed by atoms with van der Waals surface area (Å²) < 4.78 is 18.7. The van der Waals surface area contributed by atoms with E-state index in [-0.39, 0.29) is 5.78 Å². The van der Waals surface area contributed by atoms with Crippen molar-refractivity contribution >= 4 is 32.5 Å². The highest BCUT2D eigenvalue weighted by Crippen LogP contribution is 2.24. The van der Waals surface area contributed by atoms with Gasteiger partial charge in [0.1, 0.15) is 5.75 Å². The fourth-order valence-electron chi connectivity index (χ4n) is 1.92. The monoisotopic (exact) mass is 366 g/mol. The largest absolute Gasteiger partial charge is 0.496 e. The highest BCUT2D eigenvalue weighted by molar-refractivity contribution is 9.10. The quantitative estimate of drug-likeness (QED) is 0.752. The Bertz CT molecular complexity index is 680. The third-order valence-corrected chi connectivity index (χ3v) is 4.95. The molecule has 0 aliphatic rings. The number of carbonyl (C=O) groups excluding carboxylic acids is 1. The second-order valence-corrected chi connectivity index (χ2v) is 6.89. The summed E-state index contributed by atoms with van der Waals surface area (Å²) >= 11 is 3.35. The zero-order valence-electron chi connectivity index (χ0n) is 11.8. The van der Waals surface area contributed by atoms with Gasteiger partial charge in [0.05, 0.1) is 23.7 Å². The molecule has 0 heterocycles. The number of rotatable bonds is 5. The molecule has 21 heavy (non-hydrogen) atoms. The number of hydrogen-bond donors (Lipinski definition) is 0. The molecule has 0 bridgehead atoms. The lowest BCUT2D eigenvalue weighted by atomic mass is 10.1. The smallest absolute Gasteiger partial charge is 0.159 e. The van der Waals surface area contributed by atoms with Crippen molar-refractivity contribution < 1.29 is 13.7 Å². The Kier molecular flexibility index (Phi) is 5.31. The standard InChI is InChI=1S/C16H15BrO3S/c1-11(18)12-3-8-16(20-2)13(9-12)10-21(19)15-6-4-14(17)5-7-15/h3-9H,10H2,1-2H3. The second kappa shape index (κ2) is 7.00. The van der Waals surface area contributed by atoms with Crippen molar-refractivity contribution in [2.45, 2.75) is 17.6 Å². The molecule has 0 aliphatic heterocycles. The molecule has 1 atom stereocenters. The van der Waals surface area contributed by atoms with Crippen LogP contribution in [0.2, 0.25) is 0 Å². The third kappa shape index (κ3) is 4.02. The first-order valence-electron chi connectivity index (χ1n) is 6.33. The lowest BCUT2D eigenvalue weighted by Crippen LogP contribution is -2.02. The zero-order chi connectivity index (χ0) is 15.4. The number of ether oxygens (including phenoxy) is 1. The summed E-state index contributed by atoms with van der Waals surface area (Å²) in [6, 6.07) is 12.6. The maximum absolute atomic E-state index is 12.4. The molecule has 0 aromatic heterocycles. The lowest BCUT2D eigenvalue weighted by Gasteiger charge is -2.10. The fourth-order valence-corrected chi connectivity index (χ4v) is 3.30. The fraction of sp³-hybridized carbons (Fsp3) is 0.188. The summed E-state index contributed by atoms with van der Waals surface area (Å²) in [6.07, 6.45) is 0. The molecule has 0 saturated carbocycles. The number of hydrogen-bond acceptors (Lipinski definition) is 3. The van der Waals surface area contributed by atoms with Gasteiger partial charge in [-0.3, -0.25) is 9.00 Å². The molecule has 2 aromatic rings. The topological polar surface area (TPSA) is 43.4 Å². The molecule has 0 fully saturated rings. The van der Waals surface area contributed by atoms with Gasteiger partial charge in [0.15, 0.2) is 5.78 Å². The number of carbonyl (C=O) groups is 1. The molecular weight excluding hydrogens is 352 g/mol. The normalized spacial score (nSPS) is 12.0. The Balaban J connectivity index is 2.29. The van der Waals surface area contributed by atoms with Crippen molar-refractivity contribution in [2.24, 2.45) is 0 Å². The van der Waals surface area contributed by atoms with Crippen molar-refractivity contribution in [3.05, 3.63) is 58.1 Å². The Morgan fingerprint density at radius 1 is 1.19 bits per heavy atom. The van der Waals surface area contributed by atoms with E-state index in [1.807, 2.05) is 24.3 Å². The van der Waals surface area contributed by atoms with Crippen molar-refractivity contribution in [1.29, 1.82) is 0 Å². The zero-order valence-corrected chi connectivity index (χ0v) is 14.2. The Hall–Kier alpha value is -1.46. The first-order valence-corrected chi connectivity index (χ1v) is 8.44. The lowest BCUT2D eigenvalue weighted by molar-refractivity contribution is 0.101. The molecule has 0 spiro atoms. The van der Waals surface area contributed by atoms with Crippen LogP contribution in [0.4, 0.5) is 0 Å². The number of methoxy groups -OCH3 is 1. The van der Waals surface area contributed by atoms with Gasteiger partial charge in [-0.15, -0.1) is 0 Å². The highest BCUT2D eigenvalue weighted by atomic mass is 79.9. The van der Waals surface area contributed by atoms with E-state index in [1.165, 1.54) is 6.92 Å². The molecule has 0 saturated heterocycles. The van der Waals surface area contributed by atoms with Crippen LogP contribution in [0.15, 0.2) is 51.8 Å². The number of benzene rings is 2.